The van der Waals surface area contributed by atoms with E-state index in [0.29, 0.717) is 17.1 Å². The van der Waals surface area contributed by atoms with Gasteiger partial charge in [0, 0.05) is 13.2 Å². The maximum Gasteiger partial charge on any atom is 0.281 e. The van der Waals surface area contributed by atoms with Crippen LogP contribution in [0.3, 0.4) is 0 Å². The molecule has 30 heavy (non-hydrogen) atoms. The van der Waals surface area contributed by atoms with Gasteiger partial charge in [0.1, 0.15) is 5.28 Å². The SMILES string of the molecule is CCOC(OCC)P(=O)(OCC)[C@@](C)(NS(=O)C(C)(C)C)c1ccc2c(c1)OCO2. The summed E-state index contributed by atoms with van der Waals surface area (Å²) in [4.78, 5) is 0. The van der Waals surface area contributed by atoms with Gasteiger partial charge in [0.15, 0.2) is 11.5 Å². The van der Waals surface area contributed by atoms with Gasteiger partial charge in [0.2, 0.25) is 12.8 Å². The summed E-state index contributed by atoms with van der Waals surface area (Å²) in [6.45, 7) is 13.4. The van der Waals surface area contributed by atoms with Crippen LogP contribution in [0.1, 0.15) is 54.0 Å². The quantitative estimate of drug-likeness (QED) is 0.386. The molecule has 1 heterocycles. The van der Waals surface area contributed by atoms with Crippen LogP contribution < -0.4 is 14.2 Å². The van der Waals surface area contributed by atoms with E-state index in [4.69, 9.17) is 23.5 Å². The molecule has 0 aliphatic carbocycles. The molecule has 1 aliphatic heterocycles. The molecule has 172 valence electrons. The second-order valence-electron chi connectivity index (χ2n) is 7.86. The van der Waals surface area contributed by atoms with Crippen LogP contribution >= 0.6 is 7.37 Å². The lowest BCUT2D eigenvalue weighted by molar-refractivity contribution is -0.0911. The van der Waals surface area contributed by atoms with E-state index in [9.17, 15) is 8.77 Å². The summed E-state index contributed by atoms with van der Waals surface area (Å²) in [5.74, 6) is 1.12. The fraction of sp³-hybridized carbons (Fsp3) is 0.700. The minimum Gasteiger partial charge on any atom is -0.454 e. The number of fused-ring (bicyclic) bond motifs is 1. The van der Waals surface area contributed by atoms with Crippen molar-refractivity contribution in [3.05, 3.63) is 23.8 Å². The summed E-state index contributed by atoms with van der Waals surface area (Å²) in [7, 11) is -5.37. The first kappa shape index (κ1) is 25.3. The zero-order valence-electron chi connectivity index (χ0n) is 18.9. The van der Waals surface area contributed by atoms with Gasteiger partial charge in [0.25, 0.3) is 7.37 Å². The van der Waals surface area contributed by atoms with Crippen molar-refractivity contribution in [3.63, 3.8) is 0 Å². The number of hydrogen-bond acceptors (Lipinski definition) is 7. The molecule has 0 fully saturated rings. The van der Waals surface area contributed by atoms with E-state index in [-0.39, 0.29) is 26.6 Å². The molecule has 0 saturated carbocycles. The van der Waals surface area contributed by atoms with Gasteiger partial charge in [-0.25, -0.2) is 8.93 Å². The smallest absolute Gasteiger partial charge is 0.281 e. The first-order valence-electron chi connectivity index (χ1n) is 10.1. The van der Waals surface area contributed by atoms with Crippen molar-refractivity contribution in [2.45, 2.75) is 64.5 Å². The van der Waals surface area contributed by atoms with Gasteiger partial charge in [-0.3, -0.25) is 4.57 Å². The summed E-state index contributed by atoms with van der Waals surface area (Å²) in [5.41, 5.74) is 0.575. The average molecular weight is 464 g/mol. The van der Waals surface area contributed by atoms with E-state index < -0.39 is 34.4 Å². The third-order valence-electron chi connectivity index (χ3n) is 4.62. The van der Waals surface area contributed by atoms with Crippen LogP contribution in [0, 0.1) is 0 Å². The minimum absolute atomic E-state index is 0.112. The Hall–Kier alpha value is -0.960. The van der Waals surface area contributed by atoms with E-state index in [1.807, 2.05) is 20.8 Å². The molecule has 10 heteroatoms. The highest BCUT2D eigenvalue weighted by molar-refractivity contribution is 7.85. The van der Waals surface area contributed by atoms with E-state index >= 15 is 0 Å². The fourth-order valence-electron chi connectivity index (χ4n) is 2.96. The molecule has 8 nitrogen and oxygen atoms in total. The molecule has 0 bridgehead atoms. The number of ether oxygens (including phenoxy) is 4. The summed E-state index contributed by atoms with van der Waals surface area (Å²) in [6, 6.07) is 4.11. The van der Waals surface area contributed by atoms with Gasteiger partial charge in [-0.05, 0) is 66.2 Å². The van der Waals surface area contributed by atoms with Gasteiger partial charge < -0.3 is 23.5 Å². The fourth-order valence-corrected chi connectivity index (χ4v) is 6.87. The van der Waals surface area contributed by atoms with Crippen molar-refractivity contribution < 1.29 is 32.2 Å². The Morgan fingerprint density at radius 1 is 1.07 bits per heavy atom. The number of benzene rings is 1. The topological polar surface area (TPSA) is 92.3 Å². The molecule has 0 amide bonds. The molecule has 1 aromatic rings. The largest absolute Gasteiger partial charge is 0.454 e. The average Bonchev–Trinajstić information content (AvgIpc) is 3.14. The maximum atomic E-state index is 14.5. The van der Waals surface area contributed by atoms with Gasteiger partial charge >= 0.3 is 0 Å². The molecule has 1 aliphatic rings. The predicted octanol–water partition coefficient (Wildman–Crippen LogP) is 4.31. The first-order chi connectivity index (χ1) is 14.0. The summed E-state index contributed by atoms with van der Waals surface area (Å²) in [6.07, 6.45) is 0. The Morgan fingerprint density at radius 2 is 1.67 bits per heavy atom. The van der Waals surface area contributed by atoms with Crippen LogP contribution in [-0.4, -0.2) is 41.6 Å². The molecular formula is C20H34NO7PS. The van der Waals surface area contributed by atoms with E-state index in [2.05, 4.69) is 4.72 Å². The van der Waals surface area contributed by atoms with Crippen LogP contribution in [0.5, 0.6) is 11.5 Å². The third-order valence-corrected chi connectivity index (χ3v) is 9.59. The van der Waals surface area contributed by atoms with Crippen LogP contribution in [0.15, 0.2) is 18.2 Å². The van der Waals surface area contributed by atoms with E-state index in [1.165, 1.54) is 0 Å². The lowest BCUT2D eigenvalue weighted by Crippen LogP contribution is -2.48. The van der Waals surface area contributed by atoms with E-state index in [0.717, 1.165) is 0 Å². The number of rotatable bonds is 11. The predicted molar refractivity (Wildman–Crippen MR) is 117 cm³/mol. The molecular weight excluding hydrogens is 429 g/mol. The normalized spacial score (nSPS) is 18.8. The lowest BCUT2D eigenvalue weighted by Gasteiger charge is -2.42. The highest BCUT2D eigenvalue weighted by Gasteiger charge is 2.55. The summed E-state index contributed by atoms with van der Waals surface area (Å²) >= 11 is 0. The van der Waals surface area contributed by atoms with Crippen LogP contribution in [0.25, 0.3) is 0 Å². The molecule has 1 N–H and O–H groups in total. The Balaban J connectivity index is 2.67. The van der Waals surface area contributed by atoms with Crippen molar-refractivity contribution in [1.29, 1.82) is 0 Å². The minimum atomic E-state index is -3.80. The first-order valence-corrected chi connectivity index (χ1v) is 12.9. The molecule has 0 spiro atoms. The third kappa shape index (κ3) is 5.09. The molecule has 0 aromatic heterocycles. The Bertz CT molecular complexity index is 792. The highest BCUT2D eigenvalue weighted by Crippen LogP contribution is 2.67. The monoisotopic (exact) mass is 463 g/mol. The van der Waals surface area contributed by atoms with Crippen molar-refractivity contribution in [2.24, 2.45) is 0 Å². The van der Waals surface area contributed by atoms with E-state index in [1.54, 1.807) is 45.9 Å². The van der Waals surface area contributed by atoms with Crippen LogP contribution in [0.4, 0.5) is 0 Å². The molecule has 1 aromatic carbocycles. The molecule has 2 rings (SSSR count). The van der Waals surface area contributed by atoms with Crippen molar-refractivity contribution in [1.82, 2.24) is 4.72 Å². The molecule has 0 saturated heterocycles. The van der Waals surface area contributed by atoms with Gasteiger partial charge in [-0.2, -0.15) is 0 Å². The molecule has 2 unspecified atom stereocenters. The van der Waals surface area contributed by atoms with Gasteiger partial charge in [0.05, 0.1) is 22.3 Å². The molecule has 3 atom stereocenters. The van der Waals surface area contributed by atoms with Crippen molar-refractivity contribution >= 4 is 18.4 Å². The van der Waals surface area contributed by atoms with Crippen LogP contribution in [0.2, 0.25) is 0 Å². The van der Waals surface area contributed by atoms with Crippen molar-refractivity contribution in [3.8, 4) is 11.5 Å². The highest BCUT2D eigenvalue weighted by atomic mass is 32.2. The second kappa shape index (κ2) is 10.1. The van der Waals surface area contributed by atoms with Crippen LogP contribution in [-0.2, 0) is 34.8 Å². The zero-order chi connectivity index (χ0) is 22.6. The Morgan fingerprint density at radius 3 is 2.20 bits per heavy atom. The van der Waals surface area contributed by atoms with Crippen molar-refractivity contribution in [2.75, 3.05) is 26.6 Å². The summed E-state index contributed by atoms with van der Waals surface area (Å²) < 4.78 is 58.4. The lowest BCUT2D eigenvalue weighted by atomic mass is 10.1. The number of nitrogens with one attached hydrogen (secondary N) is 1. The maximum absolute atomic E-state index is 14.5. The molecule has 0 radical (unpaired) electrons. The summed E-state index contributed by atoms with van der Waals surface area (Å²) in [5, 5.41) is -1.39. The van der Waals surface area contributed by atoms with Gasteiger partial charge in [-0.15, -0.1) is 0 Å². The Labute approximate surface area is 182 Å². The standard InChI is InChI=1S/C20H34NO7PS/c1-8-24-18(25-9-2)29(22,28-10-3)20(7,21-30(23)19(4,5)6)15-11-12-16-17(13-15)27-14-26-16/h11-13,18,21H,8-10,14H2,1-7H3/t20-,29?,30?/m1/s1. The van der Waals surface area contributed by atoms with Gasteiger partial charge in [-0.1, -0.05) is 6.07 Å². The Kier molecular flexibility index (Phi) is 8.52. The number of hydrogen-bond donors (Lipinski definition) is 1. The second-order valence-corrected chi connectivity index (χ2v) is 12.6. The zero-order valence-corrected chi connectivity index (χ0v) is 20.6.